The summed E-state index contributed by atoms with van der Waals surface area (Å²) in [6.45, 7) is 7.53. The Kier molecular flexibility index (Phi) is 5.68. The highest BCUT2D eigenvalue weighted by Gasteiger charge is 2.21. The summed E-state index contributed by atoms with van der Waals surface area (Å²) in [5.74, 6) is 0. The van der Waals surface area contributed by atoms with Crippen molar-refractivity contribution >= 4 is 5.69 Å². The van der Waals surface area contributed by atoms with Crippen molar-refractivity contribution in [3.63, 3.8) is 0 Å². The molecule has 0 spiro atoms. The average Bonchev–Trinajstić information content (AvgIpc) is 3.01. The van der Waals surface area contributed by atoms with Crippen LogP contribution in [0.15, 0.2) is 30.5 Å². The molecule has 1 aliphatic heterocycles. The van der Waals surface area contributed by atoms with Gasteiger partial charge in [0.2, 0.25) is 0 Å². The SMILES string of the molecule is CC(C)N1CCC(NCc2cn(C)nc2-c2ccc([N+](=O)[O-])cc2)CC1. The topological polar surface area (TPSA) is 76.2 Å². The first-order valence-electron chi connectivity index (χ1n) is 9.19. The van der Waals surface area contributed by atoms with E-state index in [1.54, 1.807) is 16.8 Å². The average molecular weight is 357 g/mol. The number of nitro groups is 1. The fraction of sp³-hybridized carbons (Fsp3) is 0.526. The molecule has 1 aromatic carbocycles. The molecule has 7 nitrogen and oxygen atoms in total. The van der Waals surface area contributed by atoms with Gasteiger partial charge in [0.25, 0.3) is 5.69 Å². The first-order valence-corrected chi connectivity index (χ1v) is 9.19. The van der Waals surface area contributed by atoms with Crippen LogP contribution in [-0.4, -0.2) is 44.8 Å². The molecule has 0 radical (unpaired) electrons. The van der Waals surface area contributed by atoms with Crippen molar-refractivity contribution in [3.8, 4) is 11.3 Å². The van der Waals surface area contributed by atoms with E-state index in [9.17, 15) is 10.1 Å². The van der Waals surface area contributed by atoms with E-state index in [-0.39, 0.29) is 10.6 Å². The molecule has 0 saturated carbocycles. The number of hydrogen-bond acceptors (Lipinski definition) is 5. The van der Waals surface area contributed by atoms with Crippen LogP contribution in [0.3, 0.4) is 0 Å². The third-order valence-corrected chi connectivity index (χ3v) is 5.10. The van der Waals surface area contributed by atoms with Gasteiger partial charge in [-0.05, 0) is 51.9 Å². The molecule has 0 unspecified atom stereocenters. The van der Waals surface area contributed by atoms with Crippen molar-refractivity contribution in [2.45, 2.75) is 45.3 Å². The van der Waals surface area contributed by atoms with Crippen molar-refractivity contribution in [2.75, 3.05) is 13.1 Å². The molecule has 26 heavy (non-hydrogen) atoms. The highest BCUT2D eigenvalue weighted by Crippen LogP contribution is 2.25. The zero-order valence-electron chi connectivity index (χ0n) is 15.7. The molecule has 1 aromatic heterocycles. The maximum atomic E-state index is 10.8. The number of likely N-dealkylation sites (tertiary alicyclic amines) is 1. The number of aromatic nitrogens is 2. The van der Waals surface area contributed by atoms with E-state index in [0.29, 0.717) is 12.1 Å². The number of nitrogens with one attached hydrogen (secondary N) is 1. The third-order valence-electron chi connectivity index (χ3n) is 5.10. The molecule has 2 aromatic rings. The lowest BCUT2D eigenvalue weighted by molar-refractivity contribution is -0.384. The van der Waals surface area contributed by atoms with Crippen LogP contribution in [0.25, 0.3) is 11.3 Å². The van der Waals surface area contributed by atoms with Crippen LogP contribution in [0.2, 0.25) is 0 Å². The van der Waals surface area contributed by atoms with Gasteiger partial charge in [0.15, 0.2) is 0 Å². The van der Waals surface area contributed by atoms with Gasteiger partial charge in [-0.3, -0.25) is 14.8 Å². The van der Waals surface area contributed by atoms with Crippen molar-refractivity contribution in [3.05, 3.63) is 46.1 Å². The fourth-order valence-corrected chi connectivity index (χ4v) is 3.53. The van der Waals surface area contributed by atoms with Gasteiger partial charge in [-0.15, -0.1) is 0 Å². The molecule has 0 atom stereocenters. The van der Waals surface area contributed by atoms with Gasteiger partial charge >= 0.3 is 0 Å². The number of non-ortho nitro benzene ring substituents is 1. The predicted octanol–water partition coefficient (Wildman–Crippen LogP) is 2.96. The molecule has 1 aliphatic rings. The first kappa shape index (κ1) is 18.5. The summed E-state index contributed by atoms with van der Waals surface area (Å²) in [5.41, 5.74) is 3.01. The van der Waals surface area contributed by atoms with Crippen molar-refractivity contribution < 1.29 is 4.92 Å². The standard InChI is InChI=1S/C19H27N5O2/c1-14(2)23-10-8-17(9-11-23)20-12-16-13-22(3)21-19(16)15-4-6-18(7-5-15)24(25)26/h4-7,13-14,17,20H,8-12H2,1-3H3. The molecule has 140 valence electrons. The minimum Gasteiger partial charge on any atom is -0.310 e. The molecule has 0 amide bonds. The summed E-state index contributed by atoms with van der Waals surface area (Å²) >= 11 is 0. The Bertz CT molecular complexity index is 746. The monoisotopic (exact) mass is 357 g/mol. The molecular formula is C19H27N5O2. The number of benzene rings is 1. The van der Waals surface area contributed by atoms with E-state index in [1.807, 2.05) is 13.2 Å². The van der Waals surface area contributed by atoms with Crippen molar-refractivity contribution in [1.82, 2.24) is 20.0 Å². The van der Waals surface area contributed by atoms with Gasteiger partial charge in [-0.1, -0.05) is 0 Å². The van der Waals surface area contributed by atoms with Crippen LogP contribution in [0.5, 0.6) is 0 Å². The van der Waals surface area contributed by atoms with E-state index in [4.69, 9.17) is 0 Å². The lowest BCUT2D eigenvalue weighted by Gasteiger charge is -2.35. The molecule has 1 saturated heterocycles. The van der Waals surface area contributed by atoms with Gasteiger partial charge in [-0.2, -0.15) is 5.10 Å². The third kappa shape index (κ3) is 4.28. The Morgan fingerprint density at radius 1 is 1.27 bits per heavy atom. The van der Waals surface area contributed by atoms with Crippen LogP contribution in [0, 0.1) is 10.1 Å². The second-order valence-corrected chi connectivity index (χ2v) is 7.27. The number of aryl methyl sites for hydroxylation is 1. The Morgan fingerprint density at radius 3 is 2.50 bits per heavy atom. The molecule has 1 N–H and O–H groups in total. The quantitative estimate of drug-likeness (QED) is 0.635. The van der Waals surface area contributed by atoms with Gasteiger partial charge < -0.3 is 10.2 Å². The van der Waals surface area contributed by atoms with Crippen molar-refractivity contribution in [2.24, 2.45) is 7.05 Å². The molecular weight excluding hydrogens is 330 g/mol. The summed E-state index contributed by atoms with van der Waals surface area (Å²) in [6.07, 6.45) is 4.34. The second-order valence-electron chi connectivity index (χ2n) is 7.27. The predicted molar refractivity (Wildman–Crippen MR) is 102 cm³/mol. The molecule has 3 rings (SSSR count). The largest absolute Gasteiger partial charge is 0.310 e. The van der Waals surface area contributed by atoms with Crippen molar-refractivity contribution in [1.29, 1.82) is 0 Å². The smallest absolute Gasteiger partial charge is 0.269 e. The Hall–Kier alpha value is -2.25. The van der Waals surface area contributed by atoms with Crippen LogP contribution >= 0.6 is 0 Å². The number of nitro benzene ring substituents is 1. The fourth-order valence-electron chi connectivity index (χ4n) is 3.53. The lowest BCUT2D eigenvalue weighted by Crippen LogP contribution is -2.44. The number of nitrogens with zero attached hydrogens (tertiary/aromatic N) is 4. The maximum Gasteiger partial charge on any atom is 0.269 e. The summed E-state index contributed by atoms with van der Waals surface area (Å²) in [6, 6.07) is 7.74. The number of hydrogen-bond donors (Lipinski definition) is 1. The Balaban J connectivity index is 1.65. The van der Waals surface area contributed by atoms with Gasteiger partial charge in [0.05, 0.1) is 10.6 Å². The van der Waals surface area contributed by atoms with Gasteiger partial charge in [0, 0.05) is 55.1 Å². The van der Waals surface area contributed by atoms with Crippen LogP contribution < -0.4 is 5.32 Å². The normalized spacial score (nSPS) is 16.3. The summed E-state index contributed by atoms with van der Waals surface area (Å²) in [7, 11) is 1.90. The molecule has 7 heteroatoms. The highest BCUT2D eigenvalue weighted by atomic mass is 16.6. The van der Waals surface area contributed by atoms with Crippen LogP contribution in [0.1, 0.15) is 32.3 Å². The van der Waals surface area contributed by atoms with E-state index >= 15 is 0 Å². The minimum absolute atomic E-state index is 0.0984. The second kappa shape index (κ2) is 7.97. The first-order chi connectivity index (χ1) is 12.4. The lowest BCUT2D eigenvalue weighted by atomic mass is 10.0. The molecule has 0 bridgehead atoms. The zero-order valence-corrected chi connectivity index (χ0v) is 15.7. The Morgan fingerprint density at radius 2 is 1.92 bits per heavy atom. The van der Waals surface area contributed by atoms with E-state index in [2.05, 4.69) is 29.2 Å². The van der Waals surface area contributed by atoms with Gasteiger partial charge in [0.1, 0.15) is 0 Å². The summed E-state index contributed by atoms with van der Waals surface area (Å²) < 4.78 is 1.80. The molecule has 0 aliphatic carbocycles. The van der Waals surface area contributed by atoms with E-state index in [0.717, 1.165) is 49.3 Å². The van der Waals surface area contributed by atoms with E-state index in [1.165, 1.54) is 12.1 Å². The van der Waals surface area contributed by atoms with Crippen LogP contribution in [0.4, 0.5) is 5.69 Å². The Labute approximate surface area is 154 Å². The number of piperidine rings is 1. The van der Waals surface area contributed by atoms with E-state index < -0.39 is 0 Å². The maximum absolute atomic E-state index is 10.8. The molecule has 1 fully saturated rings. The summed E-state index contributed by atoms with van der Waals surface area (Å²) in [5, 5.41) is 19.1. The molecule has 2 heterocycles. The summed E-state index contributed by atoms with van der Waals surface area (Å²) in [4.78, 5) is 13.0. The highest BCUT2D eigenvalue weighted by molar-refractivity contribution is 5.64. The minimum atomic E-state index is -0.381. The van der Waals surface area contributed by atoms with Crippen LogP contribution in [-0.2, 0) is 13.6 Å². The number of rotatable bonds is 6. The van der Waals surface area contributed by atoms with Gasteiger partial charge in [-0.25, -0.2) is 0 Å². The zero-order chi connectivity index (χ0) is 18.7.